The molecule has 4 atom stereocenters. The maximum atomic E-state index is 14.0. The van der Waals surface area contributed by atoms with E-state index in [-0.39, 0.29) is 60.6 Å². The van der Waals surface area contributed by atoms with E-state index in [1.54, 1.807) is 12.1 Å². The highest BCUT2D eigenvalue weighted by atomic mass is 32.1. The van der Waals surface area contributed by atoms with Crippen molar-refractivity contribution in [2.75, 3.05) is 30.4 Å². The number of hydrogen-bond acceptors (Lipinski definition) is 10. The fourth-order valence-corrected chi connectivity index (χ4v) is 7.93. The van der Waals surface area contributed by atoms with Crippen molar-refractivity contribution >= 4 is 44.2 Å². The molecule has 0 radical (unpaired) electrons. The molecule has 3 saturated heterocycles. The molecule has 2 amide bonds. The van der Waals surface area contributed by atoms with Crippen molar-refractivity contribution in [1.82, 2.24) is 10.3 Å². The molecule has 4 aliphatic rings. The van der Waals surface area contributed by atoms with Gasteiger partial charge in [0, 0.05) is 19.2 Å². The second kappa shape index (κ2) is 11.6. The van der Waals surface area contributed by atoms with E-state index in [0.29, 0.717) is 34.9 Å². The Balaban J connectivity index is 1.19. The molecule has 7 rings (SSSR count). The number of benzene rings is 2. The van der Waals surface area contributed by atoms with E-state index >= 15 is 0 Å². The van der Waals surface area contributed by atoms with Gasteiger partial charge in [-0.05, 0) is 56.7 Å². The van der Waals surface area contributed by atoms with Crippen LogP contribution < -0.4 is 29.7 Å². The number of carbonyl (C=O) groups excluding carboxylic acids is 2. The van der Waals surface area contributed by atoms with Crippen molar-refractivity contribution in [2.45, 2.75) is 68.7 Å². The lowest BCUT2D eigenvalue weighted by Gasteiger charge is -2.49. The smallest absolute Gasteiger partial charge is 0.496 e. The quantitative estimate of drug-likeness (QED) is 0.299. The number of methoxy groups -OCH3 is 1. The number of rotatable bonds is 6. The standard InChI is InChI=1S/C31H28F5N5O6S/c1-44-21-5-4-18-25(48-28(40-18)41-10-7-15(13-37)14-41)24(21)27(43)39-19-12-23-22(46-31(35,36)47-23)11-16(19)26(42)38-17-6-9-29(30(32,33)34)8-2-3-20(17)45-29/h4-5,11-12,15,17,20H,2-3,6-10,14H2,1H3,(H,38,42)(H,39,43)/t15-,17?,20?,29?/m0/s1. The van der Waals surface area contributed by atoms with Crippen molar-refractivity contribution in [2.24, 2.45) is 5.92 Å². The normalized spacial score (nSPS) is 25.9. The van der Waals surface area contributed by atoms with Gasteiger partial charge in [-0.3, -0.25) is 9.59 Å². The van der Waals surface area contributed by atoms with Crippen LogP contribution >= 0.6 is 11.3 Å². The van der Waals surface area contributed by atoms with E-state index in [9.17, 15) is 36.8 Å². The summed E-state index contributed by atoms with van der Waals surface area (Å²) in [6, 6.07) is 6.67. The first kappa shape index (κ1) is 32.1. The van der Waals surface area contributed by atoms with Crippen LogP contribution in [0.15, 0.2) is 24.3 Å². The van der Waals surface area contributed by atoms with E-state index in [1.807, 2.05) is 4.90 Å². The fourth-order valence-electron chi connectivity index (χ4n) is 6.79. The number of amides is 2. The highest BCUT2D eigenvalue weighted by Gasteiger charge is 2.60. The van der Waals surface area contributed by atoms with E-state index in [1.165, 1.54) is 18.4 Å². The number of anilines is 2. The number of nitriles is 1. The fraction of sp³-hybridized carbons (Fsp3) is 0.484. The van der Waals surface area contributed by atoms with Crippen molar-refractivity contribution in [1.29, 1.82) is 5.26 Å². The summed E-state index contributed by atoms with van der Waals surface area (Å²) < 4.78 is 90.2. The summed E-state index contributed by atoms with van der Waals surface area (Å²) in [5.41, 5.74) is -2.24. The van der Waals surface area contributed by atoms with Crippen LogP contribution in [0.2, 0.25) is 0 Å². The first-order chi connectivity index (χ1) is 22.8. The Morgan fingerprint density at radius 1 is 1.12 bits per heavy atom. The summed E-state index contributed by atoms with van der Waals surface area (Å²) in [5, 5.41) is 15.2. The van der Waals surface area contributed by atoms with Crippen LogP contribution in [-0.2, 0) is 4.74 Å². The summed E-state index contributed by atoms with van der Waals surface area (Å²) in [4.78, 5) is 34.2. The van der Waals surface area contributed by atoms with Crippen LogP contribution in [0.1, 0.15) is 59.2 Å². The molecule has 3 aromatic rings. The van der Waals surface area contributed by atoms with Gasteiger partial charge in [0.2, 0.25) is 0 Å². The molecule has 2 bridgehead atoms. The van der Waals surface area contributed by atoms with Gasteiger partial charge >= 0.3 is 12.5 Å². The lowest BCUT2D eigenvalue weighted by Crippen LogP contribution is -2.61. The molecule has 3 unspecified atom stereocenters. The molecule has 2 aromatic carbocycles. The van der Waals surface area contributed by atoms with Gasteiger partial charge in [-0.2, -0.15) is 18.4 Å². The van der Waals surface area contributed by atoms with Crippen LogP contribution in [0.4, 0.5) is 32.8 Å². The number of nitrogens with zero attached hydrogens (tertiary/aromatic N) is 3. The first-order valence-corrected chi connectivity index (χ1v) is 16.0. The monoisotopic (exact) mass is 693 g/mol. The van der Waals surface area contributed by atoms with Gasteiger partial charge < -0.3 is 34.5 Å². The molecular weight excluding hydrogens is 665 g/mol. The summed E-state index contributed by atoms with van der Waals surface area (Å²) >= 11 is 1.21. The SMILES string of the molecule is COc1ccc2nc(N3CC[C@@H](C#N)C3)sc2c1C(=O)Nc1cc2c(cc1C(=O)NC1CCC3(C(F)(F)F)CCCC1O3)OC(F)(F)O2. The maximum absolute atomic E-state index is 14.0. The zero-order chi connectivity index (χ0) is 34.0. The van der Waals surface area contributed by atoms with Gasteiger partial charge in [0.05, 0.1) is 52.7 Å². The van der Waals surface area contributed by atoms with Crippen LogP contribution in [0.5, 0.6) is 17.2 Å². The zero-order valence-electron chi connectivity index (χ0n) is 25.3. The van der Waals surface area contributed by atoms with E-state index < -0.39 is 53.5 Å². The van der Waals surface area contributed by atoms with Crippen molar-refractivity contribution < 1.29 is 50.5 Å². The Kier molecular flexibility index (Phi) is 7.78. The van der Waals surface area contributed by atoms with E-state index in [0.717, 1.165) is 12.1 Å². The Morgan fingerprint density at radius 3 is 2.60 bits per heavy atom. The Hall–Kier alpha value is -4.43. The summed E-state index contributed by atoms with van der Waals surface area (Å²) in [7, 11) is 1.37. The van der Waals surface area contributed by atoms with Crippen LogP contribution in [0.3, 0.4) is 0 Å². The number of alkyl halides is 5. The summed E-state index contributed by atoms with van der Waals surface area (Å²) in [6.45, 7) is 1.10. The number of nitrogens with one attached hydrogen (secondary N) is 2. The van der Waals surface area contributed by atoms with E-state index in [2.05, 4.69) is 31.2 Å². The van der Waals surface area contributed by atoms with Crippen molar-refractivity contribution in [3.05, 3.63) is 35.4 Å². The van der Waals surface area contributed by atoms with Gasteiger partial charge in [0.25, 0.3) is 11.8 Å². The number of halogens is 5. The molecule has 2 N–H and O–H groups in total. The van der Waals surface area contributed by atoms with Gasteiger partial charge in [-0.15, -0.1) is 8.78 Å². The van der Waals surface area contributed by atoms with Gasteiger partial charge in [0.1, 0.15) is 11.3 Å². The molecule has 17 heteroatoms. The predicted octanol–water partition coefficient (Wildman–Crippen LogP) is 5.99. The number of thiazole rings is 1. The number of fused-ring (bicyclic) bond motifs is 4. The van der Waals surface area contributed by atoms with Crippen LogP contribution in [0.25, 0.3) is 10.2 Å². The Morgan fingerprint density at radius 2 is 1.90 bits per heavy atom. The average molecular weight is 694 g/mol. The lowest BCUT2D eigenvalue weighted by atomic mass is 9.79. The molecular formula is C31H28F5N5O6S. The molecule has 48 heavy (non-hydrogen) atoms. The third kappa shape index (κ3) is 5.60. The Labute approximate surface area is 273 Å². The lowest BCUT2D eigenvalue weighted by molar-refractivity contribution is -0.321. The third-order valence-corrected chi connectivity index (χ3v) is 10.4. The average Bonchev–Trinajstić information content (AvgIpc) is 3.76. The molecule has 254 valence electrons. The maximum Gasteiger partial charge on any atom is 0.586 e. The predicted molar refractivity (Wildman–Crippen MR) is 161 cm³/mol. The van der Waals surface area contributed by atoms with E-state index in [4.69, 9.17) is 9.47 Å². The second-order valence-corrected chi connectivity index (χ2v) is 13.2. The van der Waals surface area contributed by atoms with Gasteiger partial charge in [-0.1, -0.05) is 11.3 Å². The minimum Gasteiger partial charge on any atom is -0.496 e. The number of aromatic nitrogens is 1. The minimum absolute atomic E-state index is 0.0285. The van der Waals surface area contributed by atoms with Crippen LogP contribution in [-0.4, -0.2) is 67.2 Å². The third-order valence-electron chi connectivity index (χ3n) is 9.22. The van der Waals surface area contributed by atoms with Crippen LogP contribution in [0, 0.1) is 17.2 Å². The highest BCUT2D eigenvalue weighted by Crippen LogP contribution is 2.49. The topological polar surface area (TPSA) is 135 Å². The minimum atomic E-state index is -4.57. The van der Waals surface area contributed by atoms with Gasteiger partial charge in [0.15, 0.2) is 22.2 Å². The molecule has 1 aromatic heterocycles. The number of carbonyl (C=O) groups is 2. The van der Waals surface area contributed by atoms with Gasteiger partial charge in [-0.25, -0.2) is 4.98 Å². The molecule has 3 fully saturated rings. The molecule has 0 aliphatic carbocycles. The molecule has 11 nitrogen and oxygen atoms in total. The number of ether oxygens (including phenoxy) is 4. The summed E-state index contributed by atoms with van der Waals surface area (Å²) in [5.74, 6) is -2.49. The molecule has 0 saturated carbocycles. The summed E-state index contributed by atoms with van der Waals surface area (Å²) in [6.07, 6.45) is -8.87. The first-order valence-electron chi connectivity index (χ1n) is 15.2. The molecule has 4 aliphatic heterocycles. The molecule has 5 heterocycles. The molecule has 0 spiro atoms. The highest BCUT2D eigenvalue weighted by molar-refractivity contribution is 7.22. The van der Waals surface area contributed by atoms with Crippen molar-refractivity contribution in [3.8, 4) is 23.3 Å². The zero-order valence-corrected chi connectivity index (χ0v) is 26.1. The largest absolute Gasteiger partial charge is 0.586 e. The number of hydrogen-bond donors (Lipinski definition) is 2. The Bertz CT molecular complexity index is 1850. The van der Waals surface area contributed by atoms with Crippen molar-refractivity contribution in [3.63, 3.8) is 0 Å². The second-order valence-electron chi connectivity index (χ2n) is 12.2.